The van der Waals surface area contributed by atoms with Crippen LogP contribution in [-0.2, 0) is 10.0 Å². The predicted molar refractivity (Wildman–Crippen MR) is 78.3 cm³/mol. The van der Waals surface area contributed by atoms with Crippen molar-refractivity contribution in [2.45, 2.75) is 13.3 Å². The Bertz CT molecular complexity index is 574. The lowest BCUT2D eigenvalue weighted by molar-refractivity contribution is -0.383. The molecule has 1 rings (SSSR count). The molecule has 0 aliphatic carbocycles. The predicted octanol–water partition coefficient (Wildman–Crippen LogP) is 1.12. The third-order valence-electron chi connectivity index (χ3n) is 2.51. The van der Waals surface area contributed by atoms with Gasteiger partial charge in [0.05, 0.1) is 10.7 Å². The summed E-state index contributed by atoms with van der Waals surface area (Å²) < 4.78 is 21.6. The molecule has 1 aromatic carbocycles. The highest BCUT2D eigenvalue weighted by molar-refractivity contribution is 7.89. The topological polar surface area (TPSA) is 127 Å². The highest BCUT2D eigenvalue weighted by Crippen LogP contribution is 2.32. The quantitative estimate of drug-likeness (QED) is 0.375. The number of primary sulfonamides is 1. The summed E-state index contributed by atoms with van der Waals surface area (Å²) in [6.07, 6.45) is 0.279. The highest BCUT2D eigenvalue weighted by atomic mass is 32.2. The Labute approximate surface area is 117 Å². The number of benzene rings is 1. The maximum atomic E-state index is 11.1. The van der Waals surface area contributed by atoms with Crippen LogP contribution in [0.15, 0.2) is 18.2 Å². The van der Waals surface area contributed by atoms with Crippen LogP contribution in [-0.4, -0.2) is 32.2 Å². The Morgan fingerprint density at radius 2 is 1.90 bits per heavy atom. The lowest BCUT2D eigenvalue weighted by Gasteiger charge is -2.10. The van der Waals surface area contributed by atoms with Crippen molar-refractivity contribution in [3.8, 4) is 0 Å². The van der Waals surface area contributed by atoms with E-state index < -0.39 is 14.9 Å². The highest BCUT2D eigenvalue weighted by Gasteiger charge is 2.18. The van der Waals surface area contributed by atoms with Crippen molar-refractivity contribution in [2.24, 2.45) is 5.14 Å². The Balaban J connectivity index is 2.79. The van der Waals surface area contributed by atoms with Crippen LogP contribution in [0.25, 0.3) is 0 Å². The van der Waals surface area contributed by atoms with E-state index in [1.54, 1.807) is 18.2 Å². The van der Waals surface area contributed by atoms with Crippen molar-refractivity contribution in [3.05, 3.63) is 28.3 Å². The molecule has 0 aromatic heterocycles. The summed E-state index contributed by atoms with van der Waals surface area (Å²) in [4.78, 5) is 10.6. The fourth-order valence-electron chi connectivity index (χ4n) is 1.71. The summed E-state index contributed by atoms with van der Waals surface area (Å²) >= 11 is 0. The van der Waals surface area contributed by atoms with Crippen LogP contribution in [0.3, 0.4) is 0 Å². The number of nitro benzene ring substituents is 1. The molecule has 9 heteroatoms. The maximum absolute atomic E-state index is 11.1. The van der Waals surface area contributed by atoms with Gasteiger partial charge in [0.2, 0.25) is 10.0 Å². The number of hydrogen-bond acceptors (Lipinski definition) is 6. The zero-order valence-corrected chi connectivity index (χ0v) is 11.9. The van der Waals surface area contributed by atoms with Crippen LogP contribution in [0, 0.1) is 10.1 Å². The second-order valence-electron chi connectivity index (χ2n) is 4.14. The average Bonchev–Trinajstić information content (AvgIpc) is 2.33. The molecule has 4 N–H and O–H groups in total. The minimum atomic E-state index is -3.51. The molecular formula is C11H18N4O4S. The summed E-state index contributed by atoms with van der Waals surface area (Å²) in [5, 5.41) is 21.8. The average molecular weight is 302 g/mol. The Hall–Kier alpha value is -1.87. The van der Waals surface area contributed by atoms with Crippen LogP contribution < -0.4 is 15.8 Å². The summed E-state index contributed by atoms with van der Waals surface area (Å²) in [6.45, 7) is 2.69. The van der Waals surface area contributed by atoms with Gasteiger partial charge in [-0.25, -0.2) is 13.6 Å². The lowest BCUT2D eigenvalue weighted by Crippen LogP contribution is -2.19. The molecule has 112 valence electrons. The first-order valence-corrected chi connectivity index (χ1v) is 7.82. The van der Waals surface area contributed by atoms with E-state index in [-0.39, 0.29) is 24.4 Å². The molecule has 1 aromatic rings. The van der Waals surface area contributed by atoms with Gasteiger partial charge in [-0.3, -0.25) is 10.1 Å². The van der Waals surface area contributed by atoms with Gasteiger partial charge in [-0.2, -0.15) is 0 Å². The van der Waals surface area contributed by atoms with Gasteiger partial charge in [0.25, 0.3) is 0 Å². The molecule has 20 heavy (non-hydrogen) atoms. The second kappa shape index (κ2) is 7.06. The van der Waals surface area contributed by atoms with E-state index in [0.717, 1.165) is 0 Å². The Morgan fingerprint density at radius 1 is 1.30 bits per heavy atom. The first-order chi connectivity index (χ1) is 9.35. The van der Waals surface area contributed by atoms with Crippen LogP contribution in [0.1, 0.15) is 13.3 Å². The number of anilines is 2. The van der Waals surface area contributed by atoms with Gasteiger partial charge < -0.3 is 10.6 Å². The number of para-hydroxylation sites is 1. The van der Waals surface area contributed by atoms with Crippen molar-refractivity contribution in [1.29, 1.82) is 0 Å². The molecule has 0 aliphatic heterocycles. The number of nitrogens with one attached hydrogen (secondary N) is 2. The zero-order valence-electron chi connectivity index (χ0n) is 11.1. The fraction of sp³-hybridized carbons (Fsp3) is 0.455. The summed E-state index contributed by atoms with van der Waals surface area (Å²) in [7, 11) is -3.51. The molecule has 0 radical (unpaired) electrons. The van der Waals surface area contributed by atoms with E-state index in [2.05, 4.69) is 10.6 Å². The van der Waals surface area contributed by atoms with Crippen molar-refractivity contribution in [1.82, 2.24) is 0 Å². The summed E-state index contributed by atoms with van der Waals surface area (Å²) in [5.74, 6) is -0.166. The summed E-state index contributed by atoms with van der Waals surface area (Å²) in [6, 6.07) is 4.89. The molecule has 0 unspecified atom stereocenters. The first kappa shape index (κ1) is 16.2. The van der Waals surface area contributed by atoms with Crippen LogP contribution in [0.5, 0.6) is 0 Å². The molecule has 0 bridgehead atoms. The van der Waals surface area contributed by atoms with Gasteiger partial charge in [-0.15, -0.1) is 0 Å². The number of sulfonamides is 1. The van der Waals surface area contributed by atoms with Gasteiger partial charge in [0, 0.05) is 13.1 Å². The van der Waals surface area contributed by atoms with Crippen LogP contribution in [0.4, 0.5) is 17.1 Å². The monoisotopic (exact) mass is 302 g/mol. The lowest BCUT2D eigenvalue weighted by atomic mass is 10.2. The smallest absolute Gasteiger partial charge is 0.315 e. The standard InChI is InChI=1S/C11H18N4O4S/c1-2-13-9-5-3-6-10(11(9)15(16)17)14-7-4-8-20(12,18)19/h3,5-6,13-14H,2,4,7-8H2,1H3,(H2,12,18,19). The van der Waals surface area contributed by atoms with Crippen molar-refractivity contribution < 1.29 is 13.3 Å². The Kier molecular flexibility index (Phi) is 5.71. The number of nitrogens with two attached hydrogens (primary N) is 1. The number of nitro groups is 1. The number of hydrogen-bond donors (Lipinski definition) is 3. The molecule has 0 heterocycles. The normalized spacial score (nSPS) is 11.1. The fourth-order valence-corrected chi connectivity index (χ4v) is 2.26. The van der Waals surface area contributed by atoms with Gasteiger partial charge in [0.15, 0.2) is 0 Å². The van der Waals surface area contributed by atoms with Crippen molar-refractivity contribution >= 4 is 27.1 Å². The van der Waals surface area contributed by atoms with Crippen LogP contribution >= 0.6 is 0 Å². The van der Waals surface area contributed by atoms with E-state index in [9.17, 15) is 18.5 Å². The van der Waals surface area contributed by atoms with E-state index >= 15 is 0 Å². The molecule has 0 saturated heterocycles. The van der Waals surface area contributed by atoms with Gasteiger partial charge in [0.1, 0.15) is 11.4 Å². The van der Waals surface area contributed by atoms with Crippen LogP contribution in [0.2, 0.25) is 0 Å². The van der Waals surface area contributed by atoms with Gasteiger partial charge in [-0.1, -0.05) is 6.07 Å². The maximum Gasteiger partial charge on any atom is 0.315 e. The zero-order chi connectivity index (χ0) is 15.2. The molecule has 0 spiro atoms. The molecule has 8 nitrogen and oxygen atoms in total. The van der Waals surface area contributed by atoms with Crippen molar-refractivity contribution in [2.75, 3.05) is 29.5 Å². The third kappa shape index (κ3) is 5.02. The molecular weight excluding hydrogens is 284 g/mol. The van der Waals surface area contributed by atoms with E-state index in [0.29, 0.717) is 17.9 Å². The largest absolute Gasteiger partial charge is 0.380 e. The molecule has 0 saturated carbocycles. The minimum absolute atomic E-state index is 0.0510. The molecule has 0 amide bonds. The van der Waals surface area contributed by atoms with Crippen molar-refractivity contribution in [3.63, 3.8) is 0 Å². The molecule has 0 fully saturated rings. The second-order valence-corrected chi connectivity index (χ2v) is 5.87. The van der Waals surface area contributed by atoms with E-state index in [4.69, 9.17) is 5.14 Å². The van der Waals surface area contributed by atoms with Gasteiger partial charge in [-0.05, 0) is 25.5 Å². The molecule has 0 aliphatic rings. The Morgan fingerprint density at radius 3 is 2.40 bits per heavy atom. The number of nitrogens with zero attached hydrogens (tertiary/aromatic N) is 1. The summed E-state index contributed by atoms with van der Waals surface area (Å²) in [5.41, 5.74) is 0.724. The van der Waals surface area contributed by atoms with E-state index in [1.165, 1.54) is 0 Å². The van der Waals surface area contributed by atoms with E-state index in [1.807, 2.05) is 6.92 Å². The number of rotatable bonds is 8. The third-order valence-corrected chi connectivity index (χ3v) is 3.36. The molecule has 0 atom stereocenters. The first-order valence-electron chi connectivity index (χ1n) is 6.10. The SMILES string of the molecule is CCNc1cccc(NCCCS(N)(=O)=O)c1[N+](=O)[O-]. The minimum Gasteiger partial charge on any atom is -0.380 e. The van der Waals surface area contributed by atoms with Gasteiger partial charge >= 0.3 is 5.69 Å².